The van der Waals surface area contributed by atoms with Gasteiger partial charge in [-0.2, -0.15) is 0 Å². The Labute approximate surface area is 144 Å². The summed E-state index contributed by atoms with van der Waals surface area (Å²) >= 11 is 0. The maximum Gasteiger partial charge on any atom is 0.334 e. The molecule has 3 aliphatic rings. The van der Waals surface area contributed by atoms with Crippen LogP contribution in [-0.2, 0) is 9.53 Å². The molecule has 2 aliphatic carbocycles. The van der Waals surface area contributed by atoms with E-state index in [1.54, 1.807) is 0 Å². The first-order valence-electron chi connectivity index (χ1n) is 9.21. The molecule has 3 rings (SSSR count). The number of carbonyl (C=O) groups is 1. The highest BCUT2D eigenvalue weighted by Gasteiger charge is 2.53. The summed E-state index contributed by atoms with van der Waals surface area (Å²) in [6.07, 6.45) is 9.88. The fourth-order valence-electron chi connectivity index (χ4n) is 5.60. The van der Waals surface area contributed by atoms with Crippen LogP contribution >= 0.6 is 0 Å². The predicted molar refractivity (Wildman–Crippen MR) is 92.2 cm³/mol. The summed E-state index contributed by atoms with van der Waals surface area (Å²) in [6.45, 7) is 5.25. The second-order valence-corrected chi connectivity index (χ2v) is 8.32. The highest BCUT2D eigenvalue weighted by atomic mass is 16.5. The van der Waals surface area contributed by atoms with Crippen molar-refractivity contribution in [2.75, 3.05) is 19.8 Å². The Kier molecular flexibility index (Phi) is 4.89. The predicted octanol–water partition coefficient (Wildman–Crippen LogP) is 2.99. The van der Waals surface area contributed by atoms with Crippen molar-refractivity contribution in [3.63, 3.8) is 0 Å². The third-order valence-corrected chi connectivity index (χ3v) is 7.01. The molecule has 0 aromatic rings. The number of allylic oxidation sites excluding steroid dienone is 1. The number of cyclic esters (lactones) is 1. The Balaban J connectivity index is 1.85. The lowest BCUT2D eigenvalue weighted by atomic mass is 9.47. The van der Waals surface area contributed by atoms with Crippen molar-refractivity contribution in [1.82, 2.24) is 0 Å². The number of hydrogen-bond donors (Lipinski definition) is 2. The molecule has 0 radical (unpaired) electrons. The minimum Gasteiger partial charge on any atom is -0.458 e. The number of hydrogen-bond acceptors (Lipinski definition) is 4. The minimum atomic E-state index is -0.189. The summed E-state index contributed by atoms with van der Waals surface area (Å²) in [5, 5.41) is 19.9. The van der Waals surface area contributed by atoms with E-state index >= 15 is 0 Å². The molecule has 1 aliphatic heterocycles. The van der Waals surface area contributed by atoms with Crippen molar-refractivity contribution in [3.05, 3.63) is 23.3 Å². The molecule has 1 heterocycles. The summed E-state index contributed by atoms with van der Waals surface area (Å²) < 4.78 is 5.01. The first-order chi connectivity index (χ1) is 11.4. The molecular formula is C20H30O4. The van der Waals surface area contributed by atoms with Crippen LogP contribution in [0.25, 0.3) is 0 Å². The number of carbonyl (C=O) groups excluding carboxylic acids is 1. The van der Waals surface area contributed by atoms with E-state index in [2.05, 4.69) is 19.9 Å². The number of aliphatic hydroxyl groups is 2. The number of esters is 1. The molecule has 0 saturated heterocycles. The monoisotopic (exact) mass is 334 g/mol. The van der Waals surface area contributed by atoms with Crippen LogP contribution in [0.5, 0.6) is 0 Å². The molecule has 24 heavy (non-hydrogen) atoms. The van der Waals surface area contributed by atoms with Gasteiger partial charge in [-0.15, -0.1) is 0 Å². The highest BCUT2D eigenvalue weighted by Crippen LogP contribution is 2.60. The second kappa shape index (κ2) is 6.64. The van der Waals surface area contributed by atoms with Gasteiger partial charge in [-0.25, -0.2) is 4.79 Å². The van der Waals surface area contributed by atoms with Crippen molar-refractivity contribution in [2.24, 2.45) is 22.7 Å². The quantitative estimate of drug-likeness (QED) is 0.599. The average Bonchev–Trinajstić information content (AvgIpc) is 2.97. The van der Waals surface area contributed by atoms with Gasteiger partial charge >= 0.3 is 5.97 Å². The first kappa shape index (κ1) is 17.7. The Morgan fingerprint density at radius 1 is 1.25 bits per heavy atom. The molecule has 0 unspecified atom stereocenters. The molecule has 0 amide bonds. The zero-order valence-electron chi connectivity index (χ0n) is 14.9. The second-order valence-electron chi connectivity index (χ2n) is 8.32. The summed E-state index contributed by atoms with van der Waals surface area (Å²) in [4.78, 5) is 11.7. The Hall–Kier alpha value is -1.13. The van der Waals surface area contributed by atoms with Gasteiger partial charge in [0.1, 0.15) is 6.61 Å². The lowest BCUT2D eigenvalue weighted by Gasteiger charge is -2.57. The molecule has 0 aromatic carbocycles. The summed E-state index contributed by atoms with van der Waals surface area (Å²) in [5.74, 6) is 0.501. The first-order valence-corrected chi connectivity index (χ1v) is 9.21. The number of aliphatic hydroxyl groups excluding tert-OH is 2. The fourth-order valence-corrected chi connectivity index (χ4v) is 5.60. The summed E-state index contributed by atoms with van der Waals surface area (Å²) in [6, 6.07) is 0. The number of ether oxygens (including phenoxy) is 1. The third kappa shape index (κ3) is 2.84. The van der Waals surface area contributed by atoms with E-state index in [9.17, 15) is 15.0 Å². The molecule has 0 spiro atoms. The van der Waals surface area contributed by atoms with Crippen LogP contribution in [0.1, 0.15) is 52.4 Å². The lowest BCUT2D eigenvalue weighted by Crippen LogP contribution is -2.51. The molecule has 134 valence electrons. The Morgan fingerprint density at radius 2 is 2.04 bits per heavy atom. The molecule has 1 fully saturated rings. The minimum absolute atomic E-state index is 0.0473. The van der Waals surface area contributed by atoms with Crippen LogP contribution in [-0.4, -0.2) is 36.0 Å². The smallest absolute Gasteiger partial charge is 0.334 e. The van der Waals surface area contributed by atoms with Crippen LogP contribution in [0.3, 0.4) is 0 Å². The van der Waals surface area contributed by atoms with Gasteiger partial charge in [0.05, 0.1) is 6.61 Å². The standard InChI is InChI=1S/C20H30O4/c1-19(13-22)9-3-10-20(2)16(15(12-21)5-7-17(19)20)6-4-14-8-11-24-18(14)23/h5,8,16-17,21-22H,3-4,6-7,9-13H2,1-2H3/t16-,17+,19+,20+/m1/s1. The van der Waals surface area contributed by atoms with Crippen LogP contribution in [0.2, 0.25) is 0 Å². The van der Waals surface area contributed by atoms with Crippen molar-refractivity contribution in [1.29, 1.82) is 0 Å². The van der Waals surface area contributed by atoms with E-state index in [0.717, 1.165) is 43.3 Å². The molecule has 2 N–H and O–H groups in total. The van der Waals surface area contributed by atoms with E-state index in [4.69, 9.17) is 4.74 Å². The zero-order valence-corrected chi connectivity index (χ0v) is 14.9. The van der Waals surface area contributed by atoms with Gasteiger partial charge in [0.15, 0.2) is 0 Å². The van der Waals surface area contributed by atoms with Gasteiger partial charge < -0.3 is 14.9 Å². The van der Waals surface area contributed by atoms with Crippen molar-refractivity contribution in [3.8, 4) is 0 Å². The topological polar surface area (TPSA) is 66.8 Å². The number of rotatable bonds is 5. The lowest BCUT2D eigenvalue weighted by molar-refractivity contribution is -0.136. The molecule has 4 heteroatoms. The van der Waals surface area contributed by atoms with Gasteiger partial charge in [-0.1, -0.05) is 26.3 Å². The third-order valence-electron chi connectivity index (χ3n) is 7.01. The zero-order chi connectivity index (χ0) is 17.4. The molecule has 4 nitrogen and oxygen atoms in total. The fraction of sp³-hybridized carbons (Fsp3) is 0.750. The van der Waals surface area contributed by atoms with E-state index in [1.165, 1.54) is 0 Å². The van der Waals surface area contributed by atoms with E-state index in [0.29, 0.717) is 18.9 Å². The van der Waals surface area contributed by atoms with Gasteiger partial charge in [0, 0.05) is 12.2 Å². The Bertz CT molecular complexity index is 564. The molecule has 0 aromatic heterocycles. The van der Waals surface area contributed by atoms with E-state index < -0.39 is 0 Å². The van der Waals surface area contributed by atoms with E-state index in [-0.39, 0.29) is 35.9 Å². The van der Waals surface area contributed by atoms with Gasteiger partial charge in [-0.3, -0.25) is 0 Å². The van der Waals surface area contributed by atoms with Crippen molar-refractivity contribution < 1.29 is 19.7 Å². The van der Waals surface area contributed by atoms with Crippen molar-refractivity contribution >= 4 is 5.97 Å². The van der Waals surface area contributed by atoms with Gasteiger partial charge in [-0.05, 0) is 66.4 Å². The van der Waals surface area contributed by atoms with Crippen LogP contribution in [0.4, 0.5) is 0 Å². The normalized spacial score (nSPS) is 39.1. The van der Waals surface area contributed by atoms with Crippen LogP contribution in [0, 0.1) is 22.7 Å². The van der Waals surface area contributed by atoms with Gasteiger partial charge in [0.2, 0.25) is 0 Å². The maximum absolute atomic E-state index is 11.7. The Morgan fingerprint density at radius 3 is 2.67 bits per heavy atom. The van der Waals surface area contributed by atoms with Crippen molar-refractivity contribution in [2.45, 2.75) is 52.4 Å². The molecular weight excluding hydrogens is 304 g/mol. The van der Waals surface area contributed by atoms with Gasteiger partial charge in [0.25, 0.3) is 0 Å². The maximum atomic E-state index is 11.7. The average molecular weight is 334 g/mol. The molecule has 0 bridgehead atoms. The molecule has 1 saturated carbocycles. The van der Waals surface area contributed by atoms with Crippen LogP contribution in [0.15, 0.2) is 23.3 Å². The summed E-state index contributed by atoms with van der Waals surface area (Å²) in [7, 11) is 0. The SMILES string of the molecule is C[C@@]1(CO)CCC[C@@]2(C)[C@H](CCC3=CCOC3=O)C(CO)=CC[C@@H]12. The van der Waals surface area contributed by atoms with E-state index in [1.807, 2.05) is 6.08 Å². The summed E-state index contributed by atoms with van der Waals surface area (Å²) in [5.41, 5.74) is 1.92. The van der Waals surface area contributed by atoms with Crippen LogP contribution < -0.4 is 0 Å². The largest absolute Gasteiger partial charge is 0.458 e. The highest BCUT2D eigenvalue weighted by molar-refractivity contribution is 5.90. The number of fused-ring (bicyclic) bond motifs is 1. The molecule has 4 atom stereocenters.